The van der Waals surface area contributed by atoms with E-state index in [1.165, 1.54) is 32.1 Å². The van der Waals surface area contributed by atoms with Crippen LogP contribution in [0.2, 0.25) is 0 Å². The molecule has 1 aliphatic carbocycles. The minimum Gasteiger partial charge on any atom is -0.357 e. The first kappa shape index (κ1) is 26.7. The number of guanidine groups is 1. The van der Waals surface area contributed by atoms with Crippen LogP contribution in [0.3, 0.4) is 0 Å². The summed E-state index contributed by atoms with van der Waals surface area (Å²) in [6.45, 7) is 5.66. The van der Waals surface area contributed by atoms with Gasteiger partial charge >= 0.3 is 0 Å². The van der Waals surface area contributed by atoms with Gasteiger partial charge in [0.05, 0.1) is 0 Å². The van der Waals surface area contributed by atoms with Crippen molar-refractivity contribution in [2.45, 2.75) is 57.9 Å². The van der Waals surface area contributed by atoms with Crippen molar-refractivity contribution in [3.8, 4) is 0 Å². The number of nitrogens with zero attached hydrogens (tertiary/aromatic N) is 2. The fourth-order valence-corrected chi connectivity index (χ4v) is 3.89. The molecule has 6 nitrogen and oxygen atoms in total. The molecule has 0 atom stereocenters. The van der Waals surface area contributed by atoms with Crippen LogP contribution in [-0.4, -0.2) is 63.1 Å². The second-order valence-corrected chi connectivity index (χ2v) is 7.84. The highest BCUT2D eigenvalue weighted by Crippen LogP contribution is 2.21. The number of hydrogen-bond donors (Lipinski definition) is 3. The number of carbonyl (C=O) groups excluding carboxylic acids is 1. The van der Waals surface area contributed by atoms with Gasteiger partial charge in [0, 0.05) is 38.3 Å². The number of hydrogen-bond acceptors (Lipinski definition) is 3. The molecule has 0 spiro atoms. The van der Waals surface area contributed by atoms with E-state index in [4.69, 9.17) is 4.99 Å². The maximum atomic E-state index is 11.8. The Hall–Kier alpha value is -1.35. The van der Waals surface area contributed by atoms with E-state index in [0.29, 0.717) is 5.56 Å². The predicted molar refractivity (Wildman–Crippen MR) is 137 cm³/mol. The lowest BCUT2D eigenvalue weighted by Gasteiger charge is -2.31. The Kier molecular flexibility index (Phi) is 13.7. The standard InChI is InChI=1S/C23H39N5O.HI/c1-4-25-23(26-15-9-17-28(3)21-12-6-5-7-13-21)27-16-14-19-10-8-11-20(18-19)22(29)24-2;/h8,10-11,18,21H,4-7,9,12-17H2,1-3H3,(H,24,29)(H2,25,26,27);1H. The van der Waals surface area contributed by atoms with Crippen LogP contribution in [0.25, 0.3) is 0 Å². The SMILES string of the molecule is CCNC(=NCCCN(C)C1CCCCC1)NCCc1cccc(C(=O)NC)c1.I. The molecule has 0 aromatic heterocycles. The third-order valence-electron chi connectivity index (χ3n) is 5.60. The van der Waals surface area contributed by atoms with E-state index >= 15 is 0 Å². The van der Waals surface area contributed by atoms with Crippen LogP contribution in [0.5, 0.6) is 0 Å². The molecule has 0 heterocycles. The van der Waals surface area contributed by atoms with Crippen molar-refractivity contribution in [1.29, 1.82) is 0 Å². The van der Waals surface area contributed by atoms with E-state index in [1.54, 1.807) is 7.05 Å². The Morgan fingerprint density at radius 2 is 1.97 bits per heavy atom. The summed E-state index contributed by atoms with van der Waals surface area (Å²) in [6.07, 6.45) is 8.80. The Labute approximate surface area is 199 Å². The van der Waals surface area contributed by atoms with Gasteiger partial charge in [-0.05, 0) is 63.9 Å². The van der Waals surface area contributed by atoms with Crippen molar-refractivity contribution in [1.82, 2.24) is 20.9 Å². The number of amides is 1. The van der Waals surface area contributed by atoms with Crippen LogP contribution >= 0.6 is 24.0 Å². The lowest BCUT2D eigenvalue weighted by atomic mass is 9.94. The Morgan fingerprint density at radius 1 is 1.20 bits per heavy atom. The normalized spacial score (nSPS) is 14.9. The molecule has 1 amide bonds. The highest BCUT2D eigenvalue weighted by molar-refractivity contribution is 14.0. The molecule has 0 radical (unpaired) electrons. The van der Waals surface area contributed by atoms with Gasteiger partial charge in [0.2, 0.25) is 0 Å². The van der Waals surface area contributed by atoms with Crippen LogP contribution in [0.1, 0.15) is 61.4 Å². The number of nitrogens with one attached hydrogen (secondary N) is 3. The molecule has 30 heavy (non-hydrogen) atoms. The van der Waals surface area contributed by atoms with Gasteiger partial charge in [-0.3, -0.25) is 9.79 Å². The second kappa shape index (κ2) is 15.5. The zero-order valence-corrected chi connectivity index (χ0v) is 21.2. The van der Waals surface area contributed by atoms with Crippen molar-refractivity contribution in [2.24, 2.45) is 4.99 Å². The van der Waals surface area contributed by atoms with E-state index in [1.807, 2.05) is 18.2 Å². The third kappa shape index (κ3) is 9.64. The summed E-state index contributed by atoms with van der Waals surface area (Å²) in [7, 11) is 3.92. The number of carbonyl (C=O) groups is 1. The van der Waals surface area contributed by atoms with E-state index in [2.05, 4.69) is 40.9 Å². The first-order valence-electron chi connectivity index (χ1n) is 11.2. The molecule has 3 N–H and O–H groups in total. The smallest absolute Gasteiger partial charge is 0.251 e. The molecule has 0 aliphatic heterocycles. The Morgan fingerprint density at radius 3 is 2.67 bits per heavy atom. The van der Waals surface area contributed by atoms with E-state index in [0.717, 1.165) is 56.6 Å². The predicted octanol–water partition coefficient (Wildman–Crippen LogP) is 3.42. The molecule has 1 aliphatic rings. The summed E-state index contributed by atoms with van der Waals surface area (Å²) >= 11 is 0. The highest BCUT2D eigenvalue weighted by Gasteiger charge is 2.17. The summed E-state index contributed by atoms with van der Waals surface area (Å²) in [5.41, 5.74) is 1.84. The van der Waals surface area contributed by atoms with Crippen molar-refractivity contribution < 1.29 is 4.79 Å². The Bertz CT molecular complexity index is 646. The average Bonchev–Trinajstić information content (AvgIpc) is 2.76. The molecule has 2 rings (SSSR count). The van der Waals surface area contributed by atoms with Crippen molar-refractivity contribution >= 4 is 35.8 Å². The molecule has 7 heteroatoms. The maximum absolute atomic E-state index is 11.8. The lowest BCUT2D eigenvalue weighted by molar-refractivity contribution is 0.0963. The molecule has 1 fully saturated rings. The van der Waals surface area contributed by atoms with Gasteiger partial charge in [0.25, 0.3) is 5.91 Å². The fraction of sp³-hybridized carbons (Fsp3) is 0.652. The number of halogens is 1. The van der Waals surface area contributed by atoms with Gasteiger partial charge in [0.15, 0.2) is 5.96 Å². The summed E-state index contributed by atoms with van der Waals surface area (Å²) in [4.78, 5) is 19.0. The van der Waals surface area contributed by atoms with Gasteiger partial charge in [-0.25, -0.2) is 0 Å². The molecular weight excluding hydrogens is 489 g/mol. The van der Waals surface area contributed by atoms with E-state index < -0.39 is 0 Å². The molecule has 1 aromatic rings. The van der Waals surface area contributed by atoms with Crippen LogP contribution in [0, 0.1) is 0 Å². The third-order valence-corrected chi connectivity index (χ3v) is 5.60. The molecular formula is C23H40IN5O. The highest BCUT2D eigenvalue weighted by atomic mass is 127. The van der Waals surface area contributed by atoms with Gasteiger partial charge in [-0.15, -0.1) is 24.0 Å². The van der Waals surface area contributed by atoms with Crippen molar-refractivity contribution in [3.63, 3.8) is 0 Å². The maximum Gasteiger partial charge on any atom is 0.251 e. The molecule has 170 valence electrons. The van der Waals surface area contributed by atoms with Gasteiger partial charge in [-0.1, -0.05) is 31.4 Å². The minimum atomic E-state index is -0.0482. The number of rotatable bonds is 10. The molecule has 0 unspecified atom stereocenters. The monoisotopic (exact) mass is 529 g/mol. The first-order valence-corrected chi connectivity index (χ1v) is 11.2. The van der Waals surface area contributed by atoms with E-state index in [-0.39, 0.29) is 29.9 Å². The summed E-state index contributed by atoms with van der Waals surface area (Å²) in [5, 5.41) is 9.40. The molecule has 1 saturated carbocycles. The zero-order valence-electron chi connectivity index (χ0n) is 18.9. The van der Waals surface area contributed by atoms with Gasteiger partial charge in [0.1, 0.15) is 0 Å². The largest absolute Gasteiger partial charge is 0.357 e. The molecule has 0 saturated heterocycles. The van der Waals surface area contributed by atoms with E-state index in [9.17, 15) is 4.79 Å². The van der Waals surface area contributed by atoms with Crippen LogP contribution < -0.4 is 16.0 Å². The summed E-state index contributed by atoms with van der Waals surface area (Å²) in [5.74, 6) is 0.822. The number of benzene rings is 1. The topological polar surface area (TPSA) is 68.8 Å². The summed E-state index contributed by atoms with van der Waals surface area (Å²) in [6, 6.07) is 8.54. The van der Waals surface area contributed by atoms with Crippen LogP contribution in [0.4, 0.5) is 0 Å². The van der Waals surface area contributed by atoms with Crippen molar-refractivity contribution in [3.05, 3.63) is 35.4 Å². The van der Waals surface area contributed by atoms with Crippen LogP contribution in [0.15, 0.2) is 29.3 Å². The quantitative estimate of drug-likeness (QED) is 0.188. The molecule has 1 aromatic carbocycles. The second-order valence-electron chi connectivity index (χ2n) is 7.84. The zero-order chi connectivity index (χ0) is 20.9. The number of aliphatic imine (C=N–C) groups is 1. The average molecular weight is 530 g/mol. The lowest BCUT2D eigenvalue weighted by Crippen LogP contribution is -2.38. The first-order chi connectivity index (χ1) is 14.1. The van der Waals surface area contributed by atoms with Crippen LogP contribution in [-0.2, 0) is 6.42 Å². The molecule has 0 bridgehead atoms. The minimum absolute atomic E-state index is 0. The van der Waals surface area contributed by atoms with Crippen molar-refractivity contribution in [2.75, 3.05) is 40.3 Å². The Balaban J connectivity index is 0.00000450. The fourth-order valence-electron chi connectivity index (χ4n) is 3.89. The summed E-state index contributed by atoms with van der Waals surface area (Å²) < 4.78 is 0. The van der Waals surface area contributed by atoms with Gasteiger partial charge < -0.3 is 20.9 Å². The van der Waals surface area contributed by atoms with Gasteiger partial charge in [-0.2, -0.15) is 0 Å².